The molecule has 2 saturated carbocycles. The summed E-state index contributed by atoms with van der Waals surface area (Å²) in [6, 6.07) is 4.19. The van der Waals surface area contributed by atoms with Gasteiger partial charge >= 0.3 is 0 Å². The molecule has 5 unspecified atom stereocenters. The van der Waals surface area contributed by atoms with E-state index in [1.807, 2.05) is 18.3 Å². The number of pyridine rings is 1. The van der Waals surface area contributed by atoms with E-state index in [-0.39, 0.29) is 6.10 Å². The minimum absolute atomic E-state index is 0.142. The second kappa shape index (κ2) is 3.13. The van der Waals surface area contributed by atoms with Gasteiger partial charge in [0.15, 0.2) is 0 Å². The number of aliphatic hydroxyl groups is 1. The Hall–Kier alpha value is -1.29. The number of anilines is 2. The summed E-state index contributed by atoms with van der Waals surface area (Å²) in [5.74, 6) is 2.58. The second-order valence-corrected chi connectivity index (χ2v) is 5.73. The SMILES string of the molecule is Nc1ccc(N2CC3CC4CC3C2C4O)cn1. The average molecular weight is 231 g/mol. The lowest BCUT2D eigenvalue weighted by Crippen LogP contribution is -2.40. The third-order valence-corrected chi connectivity index (χ3v) is 4.95. The van der Waals surface area contributed by atoms with Gasteiger partial charge in [-0.15, -0.1) is 0 Å². The lowest BCUT2D eigenvalue weighted by atomic mass is 9.88. The molecule has 2 bridgehead atoms. The van der Waals surface area contributed by atoms with Crippen LogP contribution in [0.5, 0.6) is 0 Å². The normalized spacial score (nSPS) is 42.4. The van der Waals surface area contributed by atoms with Gasteiger partial charge < -0.3 is 15.7 Å². The fraction of sp³-hybridized carbons (Fsp3) is 0.615. The van der Waals surface area contributed by atoms with Crippen molar-refractivity contribution >= 4 is 11.5 Å². The van der Waals surface area contributed by atoms with Gasteiger partial charge in [-0.05, 0) is 42.7 Å². The van der Waals surface area contributed by atoms with Gasteiger partial charge in [0.2, 0.25) is 0 Å². The standard InChI is InChI=1S/C13H17N3O/c14-11-2-1-9(5-15-11)16-6-8-3-7-4-10(8)12(16)13(7)17/h1-2,5,7-8,10,12-13,17H,3-4,6H2,(H2,14,15). The predicted octanol–water partition coefficient (Wildman–Crippen LogP) is 0.869. The van der Waals surface area contributed by atoms with Crippen LogP contribution in [0.3, 0.4) is 0 Å². The molecular formula is C13H17N3O. The van der Waals surface area contributed by atoms with E-state index in [9.17, 15) is 5.11 Å². The minimum atomic E-state index is -0.142. The first kappa shape index (κ1) is 9.71. The molecule has 1 aromatic rings. The predicted molar refractivity (Wildman–Crippen MR) is 65.5 cm³/mol. The van der Waals surface area contributed by atoms with Crippen molar-refractivity contribution in [3.63, 3.8) is 0 Å². The van der Waals surface area contributed by atoms with Crippen LogP contribution in [0.25, 0.3) is 0 Å². The van der Waals surface area contributed by atoms with Crippen LogP contribution in [-0.2, 0) is 0 Å². The molecule has 2 heterocycles. The summed E-state index contributed by atoms with van der Waals surface area (Å²) in [6.45, 7) is 1.08. The number of aliphatic hydroxyl groups excluding tert-OH is 1. The number of nitrogens with zero attached hydrogens (tertiary/aromatic N) is 2. The van der Waals surface area contributed by atoms with Crippen molar-refractivity contribution in [2.24, 2.45) is 17.8 Å². The number of hydrogen-bond donors (Lipinski definition) is 2. The molecular weight excluding hydrogens is 214 g/mol. The monoisotopic (exact) mass is 231 g/mol. The van der Waals surface area contributed by atoms with Gasteiger partial charge in [0, 0.05) is 6.54 Å². The van der Waals surface area contributed by atoms with E-state index < -0.39 is 0 Å². The van der Waals surface area contributed by atoms with Crippen LogP contribution in [0.2, 0.25) is 0 Å². The van der Waals surface area contributed by atoms with E-state index in [1.165, 1.54) is 12.8 Å². The van der Waals surface area contributed by atoms with Crippen molar-refractivity contribution in [2.45, 2.75) is 25.0 Å². The van der Waals surface area contributed by atoms with Crippen LogP contribution in [0.4, 0.5) is 11.5 Å². The zero-order chi connectivity index (χ0) is 11.6. The zero-order valence-electron chi connectivity index (χ0n) is 9.66. The van der Waals surface area contributed by atoms with Crippen LogP contribution in [-0.4, -0.2) is 28.8 Å². The molecule has 3 fully saturated rings. The number of rotatable bonds is 1. The smallest absolute Gasteiger partial charge is 0.123 e. The van der Waals surface area contributed by atoms with Gasteiger partial charge in [0.25, 0.3) is 0 Å². The molecule has 0 amide bonds. The first-order valence-electron chi connectivity index (χ1n) is 6.40. The lowest BCUT2D eigenvalue weighted by Gasteiger charge is -2.30. The first-order valence-corrected chi connectivity index (χ1v) is 6.40. The Morgan fingerprint density at radius 2 is 2.18 bits per heavy atom. The molecule has 1 aliphatic heterocycles. The summed E-state index contributed by atoms with van der Waals surface area (Å²) in [7, 11) is 0. The van der Waals surface area contributed by atoms with Crippen LogP contribution in [0.1, 0.15) is 12.8 Å². The molecule has 3 aliphatic rings. The highest BCUT2D eigenvalue weighted by atomic mass is 16.3. The number of aromatic nitrogens is 1. The molecule has 3 N–H and O–H groups in total. The maximum Gasteiger partial charge on any atom is 0.123 e. The summed E-state index contributed by atoms with van der Waals surface area (Å²) in [5.41, 5.74) is 6.73. The fourth-order valence-electron chi connectivity index (χ4n) is 4.28. The van der Waals surface area contributed by atoms with E-state index in [2.05, 4.69) is 9.88 Å². The first-order chi connectivity index (χ1) is 8.24. The highest BCUT2D eigenvalue weighted by Crippen LogP contribution is 2.55. The second-order valence-electron chi connectivity index (χ2n) is 5.73. The van der Waals surface area contributed by atoms with Gasteiger partial charge in [0.05, 0.1) is 24.0 Å². The quantitative estimate of drug-likeness (QED) is 0.753. The topological polar surface area (TPSA) is 62.4 Å². The summed E-state index contributed by atoms with van der Waals surface area (Å²) >= 11 is 0. The molecule has 17 heavy (non-hydrogen) atoms. The zero-order valence-corrected chi connectivity index (χ0v) is 9.66. The van der Waals surface area contributed by atoms with E-state index >= 15 is 0 Å². The number of nitrogen functional groups attached to an aromatic ring is 1. The Morgan fingerprint density at radius 1 is 1.29 bits per heavy atom. The minimum Gasteiger partial charge on any atom is -0.391 e. The molecule has 1 aromatic heterocycles. The molecule has 4 nitrogen and oxygen atoms in total. The van der Waals surface area contributed by atoms with Crippen LogP contribution < -0.4 is 10.6 Å². The van der Waals surface area contributed by atoms with E-state index in [1.54, 1.807) is 0 Å². The van der Waals surface area contributed by atoms with Crippen molar-refractivity contribution in [1.82, 2.24) is 4.98 Å². The fourth-order valence-corrected chi connectivity index (χ4v) is 4.28. The lowest BCUT2D eigenvalue weighted by molar-refractivity contribution is 0.0966. The summed E-state index contributed by atoms with van der Waals surface area (Å²) < 4.78 is 0. The number of fused-ring (bicyclic) bond motifs is 1. The van der Waals surface area contributed by atoms with Crippen molar-refractivity contribution in [2.75, 3.05) is 17.2 Å². The van der Waals surface area contributed by atoms with E-state index in [0.717, 1.165) is 18.2 Å². The Kier molecular flexibility index (Phi) is 1.79. The highest BCUT2D eigenvalue weighted by Gasteiger charge is 2.58. The van der Waals surface area contributed by atoms with Crippen molar-refractivity contribution in [1.29, 1.82) is 0 Å². The molecule has 0 aromatic carbocycles. The van der Waals surface area contributed by atoms with Gasteiger partial charge in [-0.25, -0.2) is 4.98 Å². The van der Waals surface area contributed by atoms with Gasteiger partial charge in [0.1, 0.15) is 5.82 Å². The molecule has 4 heteroatoms. The van der Waals surface area contributed by atoms with Crippen LogP contribution >= 0.6 is 0 Å². The molecule has 0 spiro atoms. The van der Waals surface area contributed by atoms with Gasteiger partial charge in [-0.2, -0.15) is 0 Å². The molecule has 1 saturated heterocycles. The Labute approximate surface area is 100 Å². The maximum atomic E-state index is 10.3. The van der Waals surface area contributed by atoms with Crippen molar-refractivity contribution in [3.05, 3.63) is 18.3 Å². The summed E-state index contributed by atoms with van der Waals surface area (Å²) in [6.07, 6.45) is 4.12. The van der Waals surface area contributed by atoms with Crippen molar-refractivity contribution < 1.29 is 5.11 Å². The molecule has 0 radical (unpaired) electrons. The Balaban J connectivity index is 1.70. The summed E-state index contributed by atoms with van der Waals surface area (Å²) in [5, 5.41) is 10.3. The Morgan fingerprint density at radius 3 is 2.88 bits per heavy atom. The molecule has 5 atom stereocenters. The van der Waals surface area contributed by atoms with Gasteiger partial charge in [-0.1, -0.05) is 0 Å². The summed E-state index contributed by atoms with van der Waals surface area (Å²) in [4.78, 5) is 6.50. The van der Waals surface area contributed by atoms with E-state index in [4.69, 9.17) is 5.73 Å². The third kappa shape index (κ3) is 1.19. The molecule has 4 rings (SSSR count). The van der Waals surface area contributed by atoms with Gasteiger partial charge in [-0.3, -0.25) is 0 Å². The molecule has 2 aliphatic carbocycles. The highest BCUT2D eigenvalue weighted by molar-refractivity contribution is 5.51. The van der Waals surface area contributed by atoms with Crippen LogP contribution in [0, 0.1) is 17.8 Å². The van der Waals surface area contributed by atoms with Crippen molar-refractivity contribution in [3.8, 4) is 0 Å². The third-order valence-electron chi connectivity index (χ3n) is 4.95. The number of hydrogen-bond acceptors (Lipinski definition) is 4. The molecule has 90 valence electrons. The number of nitrogens with two attached hydrogens (primary N) is 1. The maximum absolute atomic E-state index is 10.3. The van der Waals surface area contributed by atoms with E-state index in [0.29, 0.717) is 23.7 Å². The largest absolute Gasteiger partial charge is 0.391 e. The Bertz CT molecular complexity index is 444. The average Bonchev–Trinajstić information content (AvgIpc) is 2.91. The van der Waals surface area contributed by atoms with Crippen LogP contribution in [0.15, 0.2) is 18.3 Å².